The number of benzene rings is 1. The summed E-state index contributed by atoms with van der Waals surface area (Å²) in [7, 11) is -4.17. The average Bonchev–Trinajstić information content (AvgIpc) is 3.11. The van der Waals surface area contributed by atoms with Crippen LogP contribution in [0.15, 0.2) is 29.2 Å². The molecule has 26 heavy (non-hydrogen) atoms. The van der Waals surface area contributed by atoms with E-state index < -0.39 is 20.6 Å². The van der Waals surface area contributed by atoms with Crippen LogP contribution in [0.25, 0.3) is 0 Å². The van der Waals surface area contributed by atoms with Gasteiger partial charge in [-0.25, -0.2) is 13.2 Å². The van der Waals surface area contributed by atoms with Gasteiger partial charge in [-0.05, 0) is 43.5 Å². The molecule has 3 rings (SSSR count). The lowest BCUT2D eigenvalue weighted by Crippen LogP contribution is -2.36. The van der Waals surface area contributed by atoms with Crippen LogP contribution in [0.5, 0.6) is 0 Å². The number of hydrogen-bond donors (Lipinski definition) is 1. The van der Waals surface area contributed by atoms with Gasteiger partial charge in [-0.3, -0.25) is 4.21 Å². The summed E-state index contributed by atoms with van der Waals surface area (Å²) in [4.78, 5) is 14.4. The topological polar surface area (TPSA) is 83.6 Å². The highest BCUT2D eigenvalue weighted by atomic mass is 32.2. The Morgan fingerprint density at radius 2 is 1.77 bits per heavy atom. The van der Waals surface area contributed by atoms with Gasteiger partial charge in [0.2, 0.25) is 0 Å². The summed E-state index contributed by atoms with van der Waals surface area (Å²) in [5.74, 6) is 0.493. The molecular formula is C18H26N2O4S2. The Morgan fingerprint density at radius 3 is 2.42 bits per heavy atom. The number of sulfone groups is 1. The molecule has 2 fully saturated rings. The van der Waals surface area contributed by atoms with Crippen LogP contribution in [-0.2, 0) is 20.6 Å². The Labute approximate surface area is 157 Å². The molecule has 6 nitrogen and oxygen atoms in total. The number of carbonyl (C=O) groups excluding carboxylic acids is 1. The van der Waals surface area contributed by atoms with Gasteiger partial charge >= 0.3 is 6.03 Å². The Hall–Kier alpha value is -1.41. The maximum absolute atomic E-state index is 12.6. The minimum absolute atomic E-state index is 0.105. The number of nitrogens with zero attached hydrogens (tertiary/aromatic N) is 1. The number of urea groups is 1. The number of nitrogens with one attached hydrogen (secondary N) is 1. The van der Waals surface area contributed by atoms with Crippen LogP contribution in [0.4, 0.5) is 10.5 Å². The second kappa shape index (κ2) is 8.08. The van der Waals surface area contributed by atoms with E-state index in [4.69, 9.17) is 0 Å². The van der Waals surface area contributed by atoms with Gasteiger partial charge in [0, 0.05) is 40.6 Å². The zero-order valence-electron chi connectivity index (χ0n) is 15.0. The zero-order valence-corrected chi connectivity index (χ0v) is 16.7. The lowest BCUT2D eigenvalue weighted by Gasteiger charge is -2.20. The fourth-order valence-electron chi connectivity index (χ4n) is 3.51. The molecule has 1 aromatic carbocycles. The largest absolute Gasteiger partial charge is 0.324 e. The average molecular weight is 399 g/mol. The number of carbonyl (C=O) groups is 1. The molecule has 1 aliphatic heterocycles. The molecule has 144 valence electrons. The first-order valence-electron chi connectivity index (χ1n) is 9.15. The van der Waals surface area contributed by atoms with E-state index in [9.17, 15) is 17.4 Å². The molecule has 0 unspecified atom stereocenters. The normalized spacial score (nSPS) is 25.0. The highest BCUT2D eigenvalue weighted by Gasteiger charge is 2.30. The molecule has 2 amide bonds. The van der Waals surface area contributed by atoms with E-state index in [1.54, 1.807) is 29.2 Å². The van der Waals surface area contributed by atoms with Crippen LogP contribution < -0.4 is 5.32 Å². The molecule has 0 radical (unpaired) electrons. The van der Waals surface area contributed by atoms with Crippen molar-refractivity contribution in [1.82, 2.24) is 4.90 Å². The van der Waals surface area contributed by atoms with E-state index in [1.807, 2.05) is 6.92 Å². The summed E-state index contributed by atoms with van der Waals surface area (Å²) in [6, 6.07) is 6.19. The van der Waals surface area contributed by atoms with E-state index in [1.165, 1.54) is 0 Å². The Bertz CT molecular complexity index is 771. The molecule has 0 aromatic heterocycles. The number of amides is 2. The van der Waals surface area contributed by atoms with Crippen molar-refractivity contribution >= 4 is 32.4 Å². The molecule has 1 saturated carbocycles. The summed E-state index contributed by atoms with van der Waals surface area (Å²) < 4.78 is 37.1. The van der Waals surface area contributed by atoms with Crippen molar-refractivity contribution in [3.05, 3.63) is 24.3 Å². The Morgan fingerprint density at radius 1 is 1.12 bits per heavy atom. The van der Waals surface area contributed by atoms with Gasteiger partial charge in [-0.2, -0.15) is 0 Å². The number of rotatable bonds is 3. The van der Waals surface area contributed by atoms with Crippen molar-refractivity contribution < 1.29 is 17.4 Å². The predicted molar refractivity (Wildman–Crippen MR) is 104 cm³/mol. The van der Waals surface area contributed by atoms with Crippen molar-refractivity contribution in [1.29, 1.82) is 0 Å². The molecule has 1 saturated heterocycles. The van der Waals surface area contributed by atoms with E-state index in [0.29, 0.717) is 29.4 Å². The quantitative estimate of drug-likeness (QED) is 0.849. The van der Waals surface area contributed by atoms with Crippen LogP contribution in [-0.4, -0.2) is 52.9 Å². The van der Waals surface area contributed by atoms with Crippen molar-refractivity contribution in [3.63, 3.8) is 0 Å². The molecule has 0 bridgehead atoms. The van der Waals surface area contributed by atoms with Gasteiger partial charge in [0.25, 0.3) is 0 Å². The molecule has 1 heterocycles. The molecule has 0 spiro atoms. The van der Waals surface area contributed by atoms with E-state index in [-0.39, 0.29) is 16.5 Å². The smallest absolute Gasteiger partial charge is 0.321 e. The number of hydrogen-bond acceptors (Lipinski definition) is 4. The molecule has 2 atom stereocenters. The van der Waals surface area contributed by atoms with Crippen molar-refractivity contribution in [3.8, 4) is 0 Å². The van der Waals surface area contributed by atoms with Gasteiger partial charge in [-0.1, -0.05) is 19.8 Å². The monoisotopic (exact) mass is 398 g/mol. The van der Waals surface area contributed by atoms with E-state index >= 15 is 0 Å². The fourth-order valence-corrected chi connectivity index (χ4v) is 6.53. The third-order valence-electron chi connectivity index (χ3n) is 5.28. The van der Waals surface area contributed by atoms with Gasteiger partial charge in [0.05, 0.1) is 10.1 Å². The van der Waals surface area contributed by atoms with Gasteiger partial charge < -0.3 is 10.2 Å². The van der Waals surface area contributed by atoms with Crippen LogP contribution in [0.2, 0.25) is 0 Å². The second-order valence-electron chi connectivity index (χ2n) is 7.08. The van der Waals surface area contributed by atoms with Crippen LogP contribution in [0.3, 0.4) is 0 Å². The molecule has 1 aliphatic carbocycles. The first kappa shape index (κ1) is 19.4. The minimum atomic E-state index is -3.28. The fraction of sp³-hybridized carbons (Fsp3) is 0.611. The maximum atomic E-state index is 12.6. The van der Waals surface area contributed by atoms with Crippen molar-refractivity contribution in [2.24, 2.45) is 0 Å². The highest BCUT2D eigenvalue weighted by molar-refractivity contribution is 7.92. The Kier molecular flexibility index (Phi) is 6.02. The summed E-state index contributed by atoms with van der Waals surface area (Å²) in [6.07, 6.45) is 4.12. The second-order valence-corrected chi connectivity index (χ2v) is 11.3. The molecule has 2 aliphatic rings. The third kappa shape index (κ3) is 4.28. The minimum Gasteiger partial charge on any atom is -0.324 e. The van der Waals surface area contributed by atoms with Gasteiger partial charge in [0.1, 0.15) is 0 Å². The lowest BCUT2D eigenvalue weighted by atomic mass is 10.3. The first-order valence-corrected chi connectivity index (χ1v) is 12.1. The van der Waals surface area contributed by atoms with E-state index in [2.05, 4.69) is 5.32 Å². The summed E-state index contributed by atoms with van der Waals surface area (Å²) >= 11 is 0. The maximum Gasteiger partial charge on any atom is 0.321 e. The highest BCUT2D eigenvalue weighted by Crippen LogP contribution is 2.30. The molecule has 8 heteroatoms. The third-order valence-corrected chi connectivity index (χ3v) is 9.28. The predicted octanol–water partition coefficient (Wildman–Crippen LogP) is 2.78. The zero-order chi connectivity index (χ0) is 18.7. The van der Waals surface area contributed by atoms with Crippen LogP contribution >= 0.6 is 0 Å². The summed E-state index contributed by atoms with van der Waals surface area (Å²) in [5, 5.41) is 2.64. The summed E-state index contributed by atoms with van der Waals surface area (Å²) in [5.41, 5.74) is 0.568. The lowest BCUT2D eigenvalue weighted by molar-refractivity contribution is 0.215. The van der Waals surface area contributed by atoms with Gasteiger partial charge in [0.15, 0.2) is 9.84 Å². The van der Waals surface area contributed by atoms with Crippen LogP contribution in [0, 0.1) is 0 Å². The molecule has 1 N–H and O–H groups in total. The molecule has 1 aromatic rings. The number of anilines is 1. The standard InChI is InChI=1S/C18H26N2O4S2/c1-14-10-11-20(12-13-25(14)22)18(21)19-15-6-8-17(9-7-15)26(23,24)16-4-2-3-5-16/h6-9,14,16H,2-5,10-13H2,1H3,(H,19,21)/t14-,25+/m0/s1. The van der Waals surface area contributed by atoms with Crippen molar-refractivity contribution in [2.45, 2.75) is 54.4 Å². The SMILES string of the molecule is C[C@H]1CCN(C(=O)Nc2ccc(S(=O)(=O)C3CCCC3)cc2)CC[S@]1=O. The van der Waals surface area contributed by atoms with Gasteiger partial charge in [-0.15, -0.1) is 0 Å². The molecular weight excluding hydrogens is 372 g/mol. The first-order chi connectivity index (χ1) is 12.4. The summed E-state index contributed by atoms with van der Waals surface area (Å²) in [6.45, 7) is 2.99. The Balaban J connectivity index is 1.64. The van der Waals surface area contributed by atoms with E-state index in [0.717, 1.165) is 32.1 Å². The van der Waals surface area contributed by atoms with Crippen LogP contribution in [0.1, 0.15) is 39.0 Å². The van der Waals surface area contributed by atoms with Crippen molar-refractivity contribution in [2.75, 3.05) is 24.2 Å².